The molecule has 0 aliphatic heterocycles. The predicted molar refractivity (Wildman–Crippen MR) is 58.0 cm³/mol. The van der Waals surface area contributed by atoms with Crippen molar-refractivity contribution in [3.8, 4) is 0 Å². The second-order valence-electron chi connectivity index (χ2n) is 4.47. The fourth-order valence-electron chi connectivity index (χ4n) is 1.42. The van der Waals surface area contributed by atoms with E-state index in [0.717, 1.165) is 0 Å². The number of nitrogens with two attached hydrogens (primary N) is 1. The fourth-order valence-corrected chi connectivity index (χ4v) is 1.42. The minimum absolute atomic E-state index is 0.0346. The Morgan fingerprint density at radius 2 is 2.00 bits per heavy atom. The molecule has 0 spiro atoms. The number of benzene rings is 1. The number of halogens is 1. The van der Waals surface area contributed by atoms with Gasteiger partial charge in [-0.05, 0) is 25.5 Å². The van der Waals surface area contributed by atoms with Crippen LogP contribution in [-0.2, 0) is 11.2 Å². The smallest absolute Gasteiger partial charge is 0.139 e. The standard InChI is InChI=1S/C12H16FNO/c1-12(2,14)8-10(15)7-9-5-3-4-6-11(9)13/h3-6H,7-8,14H2,1-2H3. The Hall–Kier alpha value is -1.22. The predicted octanol–water partition coefficient (Wildman–Crippen LogP) is 2.06. The highest BCUT2D eigenvalue weighted by atomic mass is 19.1. The average Bonchev–Trinajstić information content (AvgIpc) is 2.05. The molecule has 0 heterocycles. The van der Waals surface area contributed by atoms with Crippen molar-refractivity contribution < 1.29 is 9.18 Å². The average molecular weight is 209 g/mol. The first-order valence-electron chi connectivity index (χ1n) is 4.92. The molecule has 1 rings (SSSR count). The first-order valence-corrected chi connectivity index (χ1v) is 4.92. The van der Waals surface area contributed by atoms with E-state index >= 15 is 0 Å². The van der Waals surface area contributed by atoms with E-state index in [2.05, 4.69) is 0 Å². The largest absolute Gasteiger partial charge is 0.325 e. The van der Waals surface area contributed by atoms with Crippen molar-refractivity contribution in [3.05, 3.63) is 35.6 Å². The van der Waals surface area contributed by atoms with Crippen LogP contribution < -0.4 is 5.73 Å². The summed E-state index contributed by atoms with van der Waals surface area (Å²) in [5.74, 6) is -0.367. The van der Waals surface area contributed by atoms with Gasteiger partial charge >= 0.3 is 0 Å². The Kier molecular flexibility index (Phi) is 3.58. The van der Waals surface area contributed by atoms with Crippen LogP contribution >= 0.6 is 0 Å². The van der Waals surface area contributed by atoms with Crippen LogP contribution in [0, 0.1) is 5.82 Å². The number of hydrogen-bond acceptors (Lipinski definition) is 2. The van der Waals surface area contributed by atoms with E-state index in [1.807, 2.05) is 0 Å². The zero-order valence-corrected chi connectivity index (χ0v) is 9.09. The number of carbonyl (C=O) groups excluding carboxylic acids is 1. The quantitative estimate of drug-likeness (QED) is 0.824. The van der Waals surface area contributed by atoms with Crippen LogP contribution in [0.4, 0.5) is 4.39 Å². The minimum Gasteiger partial charge on any atom is -0.325 e. The summed E-state index contributed by atoms with van der Waals surface area (Å²) < 4.78 is 13.2. The molecular formula is C12H16FNO. The third kappa shape index (κ3) is 4.21. The third-order valence-electron chi connectivity index (χ3n) is 2.00. The fraction of sp³-hybridized carbons (Fsp3) is 0.417. The normalized spacial score (nSPS) is 11.5. The van der Waals surface area contributed by atoms with Crippen LogP contribution in [0.1, 0.15) is 25.8 Å². The zero-order chi connectivity index (χ0) is 11.5. The molecule has 0 unspecified atom stereocenters. The van der Waals surface area contributed by atoms with Gasteiger partial charge in [-0.15, -0.1) is 0 Å². The van der Waals surface area contributed by atoms with Crippen LogP contribution in [-0.4, -0.2) is 11.3 Å². The van der Waals surface area contributed by atoms with Gasteiger partial charge < -0.3 is 5.73 Å². The maximum Gasteiger partial charge on any atom is 0.139 e. The van der Waals surface area contributed by atoms with Crippen molar-refractivity contribution in [2.45, 2.75) is 32.2 Å². The summed E-state index contributed by atoms with van der Waals surface area (Å²) in [6, 6.07) is 6.31. The van der Waals surface area contributed by atoms with Crippen molar-refractivity contribution in [2.24, 2.45) is 5.73 Å². The van der Waals surface area contributed by atoms with Crippen LogP contribution in [0.3, 0.4) is 0 Å². The van der Waals surface area contributed by atoms with E-state index in [-0.39, 0.29) is 24.4 Å². The van der Waals surface area contributed by atoms with Crippen molar-refractivity contribution in [1.29, 1.82) is 0 Å². The molecule has 82 valence electrons. The molecular weight excluding hydrogens is 193 g/mol. The lowest BCUT2D eigenvalue weighted by atomic mass is 9.95. The van der Waals surface area contributed by atoms with Gasteiger partial charge in [0.05, 0.1) is 0 Å². The SMILES string of the molecule is CC(C)(N)CC(=O)Cc1ccccc1F. The maximum atomic E-state index is 13.2. The molecule has 0 aliphatic rings. The Morgan fingerprint density at radius 3 is 2.53 bits per heavy atom. The zero-order valence-electron chi connectivity index (χ0n) is 9.09. The van der Waals surface area contributed by atoms with E-state index in [1.165, 1.54) is 6.07 Å². The number of rotatable bonds is 4. The Morgan fingerprint density at radius 1 is 1.40 bits per heavy atom. The van der Waals surface area contributed by atoms with E-state index in [4.69, 9.17) is 5.73 Å². The molecule has 0 bridgehead atoms. The van der Waals surface area contributed by atoms with Gasteiger partial charge in [-0.3, -0.25) is 4.79 Å². The van der Waals surface area contributed by atoms with Crippen molar-refractivity contribution >= 4 is 5.78 Å². The summed E-state index contributed by atoms with van der Waals surface area (Å²) >= 11 is 0. The molecule has 3 heteroatoms. The van der Waals surface area contributed by atoms with Crippen molar-refractivity contribution in [2.75, 3.05) is 0 Å². The van der Waals surface area contributed by atoms with Gasteiger partial charge in [0.1, 0.15) is 11.6 Å². The highest BCUT2D eigenvalue weighted by Crippen LogP contribution is 2.11. The monoisotopic (exact) mass is 209 g/mol. The summed E-state index contributed by atoms with van der Waals surface area (Å²) in [5.41, 5.74) is 5.62. The van der Waals surface area contributed by atoms with Gasteiger partial charge in [0.2, 0.25) is 0 Å². The summed E-state index contributed by atoms with van der Waals surface area (Å²) in [6.07, 6.45) is 0.384. The van der Waals surface area contributed by atoms with Gasteiger partial charge in [-0.1, -0.05) is 18.2 Å². The highest BCUT2D eigenvalue weighted by Gasteiger charge is 2.17. The molecule has 0 amide bonds. The number of Topliss-reactive ketones (excluding diaryl/α,β-unsaturated/α-hetero) is 1. The number of ketones is 1. The summed E-state index contributed by atoms with van der Waals surface area (Å²) in [7, 11) is 0. The summed E-state index contributed by atoms with van der Waals surface area (Å²) in [6.45, 7) is 3.57. The number of hydrogen-bond donors (Lipinski definition) is 1. The van der Waals surface area contributed by atoms with Gasteiger partial charge in [-0.2, -0.15) is 0 Å². The Labute approximate surface area is 89.3 Å². The molecule has 1 aromatic rings. The maximum absolute atomic E-state index is 13.2. The van der Waals surface area contributed by atoms with E-state index < -0.39 is 5.54 Å². The van der Waals surface area contributed by atoms with Gasteiger partial charge in [0, 0.05) is 18.4 Å². The first kappa shape index (κ1) is 11.9. The Balaban J connectivity index is 2.64. The molecule has 0 radical (unpaired) electrons. The molecule has 0 aromatic heterocycles. The van der Waals surface area contributed by atoms with Crippen LogP contribution in [0.25, 0.3) is 0 Å². The summed E-state index contributed by atoms with van der Waals surface area (Å²) in [4.78, 5) is 11.5. The topological polar surface area (TPSA) is 43.1 Å². The van der Waals surface area contributed by atoms with Crippen LogP contribution in [0.5, 0.6) is 0 Å². The molecule has 0 fully saturated rings. The van der Waals surface area contributed by atoms with E-state index in [0.29, 0.717) is 5.56 Å². The van der Waals surface area contributed by atoms with Gasteiger partial charge in [0.25, 0.3) is 0 Å². The lowest BCUT2D eigenvalue weighted by Crippen LogP contribution is -2.35. The Bertz CT molecular complexity index is 355. The highest BCUT2D eigenvalue weighted by molar-refractivity contribution is 5.81. The molecule has 15 heavy (non-hydrogen) atoms. The molecule has 0 saturated carbocycles. The van der Waals surface area contributed by atoms with E-state index in [1.54, 1.807) is 32.0 Å². The molecule has 2 nitrogen and oxygen atoms in total. The van der Waals surface area contributed by atoms with Crippen LogP contribution in [0.2, 0.25) is 0 Å². The molecule has 2 N–H and O–H groups in total. The summed E-state index contributed by atoms with van der Waals surface area (Å²) in [5, 5.41) is 0. The first-order chi connectivity index (χ1) is 6.88. The lowest BCUT2D eigenvalue weighted by Gasteiger charge is -2.16. The lowest BCUT2D eigenvalue weighted by molar-refractivity contribution is -0.119. The number of carbonyl (C=O) groups is 1. The molecule has 0 saturated heterocycles. The van der Waals surface area contributed by atoms with Crippen molar-refractivity contribution in [3.63, 3.8) is 0 Å². The molecule has 0 aliphatic carbocycles. The molecule has 0 atom stereocenters. The van der Waals surface area contributed by atoms with E-state index in [9.17, 15) is 9.18 Å². The second kappa shape index (κ2) is 4.53. The van der Waals surface area contributed by atoms with Gasteiger partial charge in [0.15, 0.2) is 0 Å². The molecule has 1 aromatic carbocycles. The minimum atomic E-state index is -0.525. The second-order valence-corrected chi connectivity index (χ2v) is 4.47. The third-order valence-corrected chi connectivity index (χ3v) is 2.00. The van der Waals surface area contributed by atoms with Crippen molar-refractivity contribution in [1.82, 2.24) is 0 Å². The van der Waals surface area contributed by atoms with Gasteiger partial charge in [-0.25, -0.2) is 4.39 Å². The van der Waals surface area contributed by atoms with Crippen LogP contribution in [0.15, 0.2) is 24.3 Å².